The Morgan fingerprint density at radius 2 is 1.92 bits per heavy atom. The zero-order valence-corrected chi connectivity index (χ0v) is 15.8. The molecule has 0 aliphatic heterocycles. The van der Waals surface area contributed by atoms with Crippen molar-refractivity contribution in [2.24, 2.45) is 0 Å². The van der Waals surface area contributed by atoms with Crippen LogP contribution >= 0.6 is 35.1 Å². The molecule has 1 N–H and O–H groups in total. The Morgan fingerprint density at radius 3 is 2.62 bits per heavy atom. The van der Waals surface area contributed by atoms with E-state index >= 15 is 0 Å². The molecule has 0 aliphatic rings. The van der Waals surface area contributed by atoms with Crippen LogP contribution in [0.3, 0.4) is 0 Å². The monoisotopic (exact) mass is 407 g/mol. The number of benzene rings is 2. The van der Waals surface area contributed by atoms with Crippen molar-refractivity contribution in [3.8, 4) is 0 Å². The highest BCUT2D eigenvalue weighted by molar-refractivity contribution is 8.03. The number of rotatable bonds is 7. The van der Waals surface area contributed by atoms with Crippen LogP contribution in [0.5, 0.6) is 0 Å². The average Bonchev–Trinajstić information content (AvgIpc) is 2.65. The standard InChI is InChI=1S/C17H14ClN3O3S2/c18-9-13(26-12-7-5-11(6-8-12)21(23)24)10-25-17-19-15-4-2-1-3-14(15)16(22)20-17/h1-8,13H,9-10H2,(H,19,20,22)/t13-/m0/s1. The SMILES string of the molecule is O=c1[nH]c(SC[C@H](CCl)Sc2ccc([N+](=O)[O-])cc2)nc2ccccc12. The van der Waals surface area contributed by atoms with Gasteiger partial charge in [0, 0.05) is 33.9 Å². The first-order chi connectivity index (χ1) is 12.6. The van der Waals surface area contributed by atoms with Crippen LogP contribution in [0.1, 0.15) is 0 Å². The number of hydrogen-bond donors (Lipinski definition) is 1. The summed E-state index contributed by atoms with van der Waals surface area (Å²) in [6.07, 6.45) is 0. The predicted octanol–water partition coefficient (Wildman–Crippen LogP) is 4.32. The number of halogens is 1. The van der Waals surface area contributed by atoms with Gasteiger partial charge in [-0.3, -0.25) is 14.9 Å². The minimum absolute atomic E-state index is 0.0593. The lowest BCUT2D eigenvalue weighted by Gasteiger charge is -2.12. The molecule has 26 heavy (non-hydrogen) atoms. The van der Waals surface area contributed by atoms with Gasteiger partial charge in [0.15, 0.2) is 5.16 Å². The predicted molar refractivity (Wildman–Crippen MR) is 107 cm³/mol. The van der Waals surface area contributed by atoms with Gasteiger partial charge in [-0.25, -0.2) is 4.98 Å². The van der Waals surface area contributed by atoms with Crippen LogP contribution in [-0.4, -0.2) is 31.8 Å². The van der Waals surface area contributed by atoms with Crippen LogP contribution in [0, 0.1) is 10.1 Å². The van der Waals surface area contributed by atoms with Crippen LogP contribution in [0.25, 0.3) is 10.9 Å². The fraction of sp³-hybridized carbons (Fsp3) is 0.176. The largest absolute Gasteiger partial charge is 0.301 e. The lowest BCUT2D eigenvalue weighted by atomic mass is 10.2. The van der Waals surface area contributed by atoms with Crippen molar-refractivity contribution in [3.63, 3.8) is 0 Å². The molecule has 9 heteroatoms. The number of para-hydroxylation sites is 1. The molecule has 1 atom stereocenters. The summed E-state index contributed by atoms with van der Waals surface area (Å²) in [7, 11) is 0. The molecule has 0 saturated carbocycles. The summed E-state index contributed by atoms with van der Waals surface area (Å²) in [6.45, 7) is 0. The smallest absolute Gasteiger partial charge is 0.269 e. The molecule has 3 rings (SSSR count). The lowest BCUT2D eigenvalue weighted by Crippen LogP contribution is -2.12. The number of hydrogen-bond acceptors (Lipinski definition) is 6. The van der Waals surface area contributed by atoms with Gasteiger partial charge < -0.3 is 4.98 Å². The van der Waals surface area contributed by atoms with Crippen molar-refractivity contribution >= 4 is 51.7 Å². The zero-order valence-electron chi connectivity index (χ0n) is 13.4. The maximum Gasteiger partial charge on any atom is 0.269 e. The number of nitro benzene ring substituents is 1. The number of nitrogens with zero attached hydrogens (tertiary/aromatic N) is 2. The van der Waals surface area contributed by atoms with Crippen LogP contribution < -0.4 is 5.56 Å². The van der Waals surface area contributed by atoms with Gasteiger partial charge in [-0.2, -0.15) is 0 Å². The summed E-state index contributed by atoms with van der Waals surface area (Å²) in [5.74, 6) is 1.05. The summed E-state index contributed by atoms with van der Waals surface area (Å²) in [6, 6.07) is 13.6. The van der Waals surface area contributed by atoms with Gasteiger partial charge in [-0.1, -0.05) is 23.9 Å². The van der Waals surface area contributed by atoms with Gasteiger partial charge in [0.25, 0.3) is 11.2 Å². The Morgan fingerprint density at radius 1 is 1.19 bits per heavy atom. The van der Waals surface area contributed by atoms with Gasteiger partial charge in [0.1, 0.15) is 0 Å². The van der Waals surface area contributed by atoms with Crippen LogP contribution in [0.4, 0.5) is 5.69 Å². The third-order valence-corrected chi connectivity index (χ3v) is 6.53. The number of aromatic amines is 1. The lowest BCUT2D eigenvalue weighted by molar-refractivity contribution is -0.384. The second-order valence-corrected chi connectivity index (χ2v) is 8.04. The third-order valence-electron chi connectivity index (χ3n) is 3.52. The van der Waals surface area contributed by atoms with Gasteiger partial charge in [0.05, 0.1) is 15.8 Å². The van der Waals surface area contributed by atoms with Crippen molar-refractivity contribution in [2.45, 2.75) is 15.3 Å². The van der Waals surface area contributed by atoms with Crippen LogP contribution in [-0.2, 0) is 0 Å². The van der Waals surface area contributed by atoms with E-state index < -0.39 is 4.92 Å². The van der Waals surface area contributed by atoms with Crippen molar-refractivity contribution in [1.82, 2.24) is 9.97 Å². The van der Waals surface area contributed by atoms with Gasteiger partial charge in [-0.15, -0.1) is 23.4 Å². The maximum absolute atomic E-state index is 12.1. The highest BCUT2D eigenvalue weighted by Gasteiger charge is 2.13. The Hall–Kier alpha value is -2.03. The fourth-order valence-corrected chi connectivity index (χ4v) is 4.69. The van der Waals surface area contributed by atoms with E-state index in [0.29, 0.717) is 27.7 Å². The quantitative estimate of drug-likeness (QED) is 0.206. The number of H-pyrrole nitrogens is 1. The molecule has 0 fully saturated rings. The molecule has 0 amide bonds. The normalized spacial score (nSPS) is 12.2. The number of nitrogens with one attached hydrogen (secondary N) is 1. The minimum atomic E-state index is -0.426. The number of nitro groups is 1. The molecular weight excluding hydrogens is 394 g/mol. The van der Waals surface area contributed by atoms with Crippen molar-refractivity contribution in [1.29, 1.82) is 0 Å². The number of fused-ring (bicyclic) bond motifs is 1. The summed E-state index contributed by atoms with van der Waals surface area (Å²) in [4.78, 5) is 30.5. The summed E-state index contributed by atoms with van der Waals surface area (Å²) < 4.78 is 0. The van der Waals surface area contributed by atoms with E-state index in [9.17, 15) is 14.9 Å². The van der Waals surface area contributed by atoms with E-state index in [2.05, 4.69) is 9.97 Å². The number of aromatic nitrogens is 2. The van der Waals surface area contributed by atoms with Crippen molar-refractivity contribution < 1.29 is 4.92 Å². The molecule has 0 bridgehead atoms. The number of non-ortho nitro benzene ring substituents is 1. The Kier molecular flexibility index (Phi) is 6.18. The number of thioether (sulfide) groups is 2. The van der Waals surface area contributed by atoms with E-state index in [4.69, 9.17) is 11.6 Å². The highest BCUT2D eigenvalue weighted by atomic mass is 35.5. The Bertz CT molecular complexity index is 979. The van der Waals surface area contributed by atoms with Crippen molar-refractivity contribution in [2.75, 3.05) is 11.6 Å². The first-order valence-corrected chi connectivity index (χ1v) is 10.1. The average molecular weight is 408 g/mol. The topological polar surface area (TPSA) is 88.9 Å². The van der Waals surface area contributed by atoms with E-state index in [1.165, 1.54) is 23.9 Å². The molecule has 1 aromatic heterocycles. The summed E-state index contributed by atoms with van der Waals surface area (Å²) >= 11 is 9.03. The van der Waals surface area contributed by atoms with Crippen LogP contribution in [0.15, 0.2) is 63.4 Å². The molecule has 0 spiro atoms. The van der Waals surface area contributed by atoms with Gasteiger partial charge in [-0.05, 0) is 24.3 Å². The Labute approximate surface area is 162 Å². The summed E-state index contributed by atoms with van der Waals surface area (Å²) in [5.41, 5.74) is 0.553. The first kappa shape index (κ1) is 18.8. The fourth-order valence-electron chi connectivity index (χ4n) is 2.25. The molecule has 134 valence electrons. The van der Waals surface area contributed by atoms with E-state index in [1.807, 2.05) is 6.07 Å². The van der Waals surface area contributed by atoms with Gasteiger partial charge >= 0.3 is 0 Å². The van der Waals surface area contributed by atoms with E-state index in [-0.39, 0.29) is 16.5 Å². The highest BCUT2D eigenvalue weighted by Crippen LogP contribution is 2.29. The van der Waals surface area contributed by atoms with Crippen molar-refractivity contribution in [3.05, 3.63) is 69.0 Å². The molecule has 6 nitrogen and oxygen atoms in total. The Balaban J connectivity index is 1.67. The number of alkyl halides is 1. The molecule has 3 aromatic rings. The van der Waals surface area contributed by atoms with E-state index in [1.54, 1.807) is 42.1 Å². The molecular formula is C17H14ClN3O3S2. The summed E-state index contributed by atoms with van der Waals surface area (Å²) in [5, 5.41) is 11.9. The third kappa shape index (κ3) is 4.57. The first-order valence-electron chi connectivity index (χ1n) is 7.66. The molecule has 0 radical (unpaired) electrons. The molecule has 0 unspecified atom stereocenters. The molecule has 0 saturated heterocycles. The zero-order chi connectivity index (χ0) is 18.5. The van der Waals surface area contributed by atoms with E-state index in [0.717, 1.165) is 4.90 Å². The second-order valence-electron chi connectivity index (χ2n) is 5.34. The second kappa shape index (κ2) is 8.57. The molecule has 1 heterocycles. The molecule has 0 aliphatic carbocycles. The molecule has 2 aromatic carbocycles. The van der Waals surface area contributed by atoms with Crippen LogP contribution in [0.2, 0.25) is 0 Å². The van der Waals surface area contributed by atoms with Gasteiger partial charge in [0.2, 0.25) is 0 Å². The maximum atomic E-state index is 12.1. The minimum Gasteiger partial charge on any atom is -0.301 e.